The van der Waals surface area contributed by atoms with Crippen LogP contribution in [0.3, 0.4) is 0 Å². The molecule has 3 aliphatic rings. The number of nitrogens with zero attached hydrogens (tertiary/aromatic N) is 3. The number of carbonyl (C=O) groups is 4. The molecular formula is C18H18FN3O4. The molecule has 0 spiro atoms. The molecule has 3 saturated heterocycles. The summed E-state index contributed by atoms with van der Waals surface area (Å²) in [6, 6.07) is 4.43. The van der Waals surface area contributed by atoms with E-state index in [0.717, 1.165) is 4.90 Å². The summed E-state index contributed by atoms with van der Waals surface area (Å²) in [5.74, 6) is -3.76. The Hall–Kier alpha value is -2.77. The zero-order chi connectivity index (χ0) is 19.0. The summed E-state index contributed by atoms with van der Waals surface area (Å²) in [7, 11) is 3.01. The number of rotatable bonds is 1. The van der Waals surface area contributed by atoms with Crippen LogP contribution in [0, 0.1) is 17.7 Å². The van der Waals surface area contributed by atoms with E-state index in [9.17, 15) is 23.6 Å². The SMILES string of the molecule is CN1CC2C3C(=O)N(C)C(=O)C3[C@](C)(C1=O)N2C(=O)c1ccc(F)cc1. The molecule has 7 nitrogen and oxygen atoms in total. The van der Waals surface area contributed by atoms with Crippen LogP contribution in [-0.2, 0) is 14.4 Å². The summed E-state index contributed by atoms with van der Waals surface area (Å²) in [6.45, 7) is 1.73. The lowest BCUT2D eigenvalue weighted by Gasteiger charge is -2.46. The van der Waals surface area contributed by atoms with Crippen LogP contribution in [0.25, 0.3) is 0 Å². The minimum absolute atomic E-state index is 0.176. The first-order valence-corrected chi connectivity index (χ1v) is 8.35. The molecule has 3 heterocycles. The van der Waals surface area contributed by atoms with Crippen LogP contribution in [0.4, 0.5) is 4.39 Å². The fourth-order valence-corrected chi connectivity index (χ4v) is 4.74. The van der Waals surface area contributed by atoms with Crippen LogP contribution < -0.4 is 0 Å². The van der Waals surface area contributed by atoms with E-state index in [1.165, 1.54) is 41.1 Å². The number of piperazine rings is 1. The van der Waals surface area contributed by atoms with Gasteiger partial charge in [-0.05, 0) is 31.2 Å². The van der Waals surface area contributed by atoms with Crippen LogP contribution in [0.1, 0.15) is 17.3 Å². The third-order valence-electron chi connectivity index (χ3n) is 5.97. The number of fused-ring (bicyclic) bond motifs is 5. The van der Waals surface area contributed by atoms with E-state index in [0.29, 0.717) is 0 Å². The Labute approximate surface area is 149 Å². The van der Waals surface area contributed by atoms with E-state index in [1.54, 1.807) is 14.0 Å². The molecule has 0 aromatic heterocycles. The number of likely N-dealkylation sites (N-methyl/N-ethyl adjacent to an activating group) is 1. The van der Waals surface area contributed by atoms with Gasteiger partial charge in [-0.2, -0.15) is 0 Å². The highest BCUT2D eigenvalue weighted by molar-refractivity contribution is 6.12. The highest BCUT2D eigenvalue weighted by Gasteiger charge is 2.73. The van der Waals surface area contributed by atoms with Crippen molar-refractivity contribution in [3.8, 4) is 0 Å². The van der Waals surface area contributed by atoms with Gasteiger partial charge in [-0.1, -0.05) is 0 Å². The molecule has 3 aliphatic heterocycles. The molecule has 26 heavy (non-hydrogen) atoms. The molecule has 4 rings (SSSR count). The van der Waals surface area contributed by atoms with Gasteiger partial charge < -0.3 is 9.80 Å². The second kappa shape index (κ2) is 5.12. The molecule has 2 bridgehead atoms. The van der Waals surface area contributed by atoms with Crippen LogP contribution in [0.5, 0.6) is 0 Å². The van der Waals surface area contributed by atoms with Crippen molar-refractivity contribution in [2.24, 2.45) is 11.8 Å². The summed E-state index contributed by atoms with van der Waals surface area (Å²) in [4.78, 5) is 55.4. The number of hydrogen-bond donors (Lipinski definition) is 0. The summed E-state index contributed by atoms with van der Waals surface area (Å²) in [5.41, 5.74) is -1.22. The number of halogens is 1. The Kier molecular flexibility index (Phi) is 3.29. The molecule has 3 unspecified atom stereocenters. The standard InChI is InChI=1S/C18H18FN3O4/c1-18-13-12(15(24)21(3)16(13)25)11(8-20(2)17(18)26)22(18)14(23)9-4-6-10(19)7-5-9/h4-7,11-13H,8H2,1-3H3/t11?,12?,13?,18-/m1/s1. The Morgan fingerprint density at radius 3 is 2.35 bits per heavy atom. The second-order valence-corrected chi connectivity index (χ2v) is 7.32. The largest absolute Gasteiger partial charge is 0.342 e. The van der Waals surface area contributed by atoms with E-state index < -0.39 is 41.0 Å². The zero-order valence-electron chi connectivity index (χ0n) is 14.6. The molecule has 0 saturated carbocycles. The lowest BCUT2D eigenvalue weighted by molar-refractivity contribution is -0.153. The smallest absolute Gasteiger partial charge is 0.255 e. The average Bonchev–Trinajstić information content (AvgIpc) is 2.97. The average molecular weight is 359 g/mol. The van der Waals surface area contributed by atoms with Crippen molar-refractivity contribution in [1.29, 1.82) is 0 Å². The fraction of sp³-hybridized carbons (Fsp3) is 0.444. The quantitative estimate of drug-likeness (QED) is 0.667. The van der Waals surface area contributed by atoms with Gasteiger partial charge in [0, 0.05) is 26.2 Å². The summed E-state index contributed by atoms with van der Waals surface area (Å²) in [5, 5.41) is 0. The van der Waals surface area contributed by atoms with Gasteiger partial charge in [0.1, 0.15) is 11.4 Å². The molecule has 1 aromatic carbocycles. The number of hydrogen-bond acceptors (Lipinski definition) is 4. The molecule has 0 aliphatic carbocycles. The number of amides is 4. The first-order chi connectivity index (χ1) is 12.2. The third kappa shape index (κ3) is 1.81. The normalized spacial score (nSPS) is 33.2. The monoisotopic (exact) mass is 359 g/mol. The third-order valence-corrected chi connectivity index (χ3v) is 5.97. The highest BCUT2D eigenvalue weighted by Crippen LogP contribution is 2.52. The highest BCUT2D eigenvalue weighted by atomic mass is 19.1. The van der Waals surface area contributed by atoms with E-state index in [1.807, 2.05) is 0 Å². The van der Waals surface area contributed by atoms with E-state index in [4.69, 9.17) is 0 Å². The van der Waals surface area contributed by atoms with Gasteiger partial charge in [-0.15, -0.1) is 0 Å². The molecule has 4 atom stereocenters. The number of carbonyl (C=O) groups excluding carboxylic acids is 4. The van der Waals surface area contributed by atoms with Crippen molar-refractivity contribution >= 4 is 23.6 Å². The van der Waals surface area contributed by atoms with Gasteiger partial charge >= 0.3 is 0 Å². The molecule has 8 heteroatoms. The van der Waals surface area contributed by atoms with Crippen LogP contribution in [0.15, 0.2) is 24.3 Å². The van der Waals surface area contributed by atoms with Gasteiger partial charge in [0.25, 0.3) is 5.91 Å². The molecule has 3 fully saturated rings. The maximum atomic E-state index is 13.2. The molecular weight excluding hydrogens is 341 g/mol. The van der Waals surface area contributed by atoms with E-state index in [2.05, 4.69) is 0 Å². The lowest BCUT2D eigenvalue weighted by Crippen LogP contribution is -2.67. The Morgan fingerprint density at radius 1 is 1.12 bits per heavy atom. The number of likely N-dealkylation sites (tertiary alicyclic amines) is 2. The number of benzene rings is 1. The first-order valence-electron chi connectivity index (χ1n) is 8.35. The predicted molar refractivity (Wildman–Crippen MR) is 87.2 cm³/mol. The molecule has 0 N–H and O–H groups in total. The first kappa shape index (κ1) is 16.7. The second-order valence-electron chi connectivity index (χ2n) is 7.32. The van der Waals surface area contributed by atoms with Gasteiger partial charge in [0.15, 0.2) is 0 Å². The Bertz CT molecular complexity index is 854. The van der Waals surface area contributed by atoms with E-state index in [-0.39, 0.29) is 23.9 Å². The van der Waals surface area contributed by atoms with E-state index >= 15 is 0 Å². The summed E-state index contributed by atoms with van der Waals surface area (Å²) < 4.78 is 13.2. The Morgan fingerprint density at radius 2 is 1.73 bits per heavy atom. The fourth-order valence-electron chi connectivity index (χ4n) is 4.74. The lowest BCUT2D eigenvalue weighted by atomic mass is 9.81. The summed E-state index contributed by atoms with van der Waals surface area (Å²) in [6.07, 6.45) is 0. The minimum atomic E-state index is -1.44. The molecule has 1 aromatic rings. The maximum Gasteiger partial charge on any atom is 0.255 e. The van der Waals surface area contributed by atoms with Crippen molar-refractivity contribution in [2.45, 2.75) is 18.5 Å². The molecule has 0 radical (unpaired) electrons. The zero-order valence-corrected chi connectivity index (χ0v) is 14.6. The topological polar surface area (TPSA) is 78.0 Å². The van der Waals surface area contributed by atoms with Crippen molar-refractivity contribution < 1.29 is 23.6 Å². The summed E-state index contributed by atoms with van der Waals surface area (Å²) >= 11 is 0. The minimum Gasteiger partial charge on any atom is -0.342 e. The van der Waals surface area contributed by atoms with Crippen molar-refractivity contribution in [3.63, 3.8) is 0 Å². The molecule has 4 amide bonds. The predicted octanol–water partition coefficient (Wildman–Crippen LogP) is 0.112. The van der Waals surface area contributed by atoms with Crippen LogP contribution in [-0.4, -0.2) is 70.5 Å². The molecule has 136 valence electrons. The maximum absolute atomic E-state index is 13.2. The van der Waals surface area contributed by atoms with Crippen molar-refractivity contribution in [1.82, 2.24) is 14.7 Å². The van der Waals surface area contributed by atoms with Crippen LogP contribution >= 0.6 is 0 Å². The van der Waals surface area contributed by atoms with Crippen molar-refractivity contribution in [3.05, 3.63) is 35.6 Å². The van der Waals surface area contributed by atoms with Gasteiger partial charge in [-0.25, -0.2) is 4.39 Å². The van der Waals surface area contributed by atoms with Gasteiger partial charge in [0.05, 0.1) is 17.9 Å². The Balaban J connectivity index is 1.85. The van der Waals surface area contributed by atoms with Gasteiger partial charge in [0.2, 0.25) is 17.7 Å². The number of imide groups is 1. The van der Waals surface area contributed by atoms with Gasteiger partial charge in [-0.3, -0.25) is 24.1 Å². The van der Waals surface area contributed by atoms with Crippen molar-refractivity contribution in [2.75, 3.05) is 20.6 Å². The van der Waals surface area contributed by atoms with Crippen LogP contribution in [0.2, 0.25) is 0 Å².